The van der Waals surface area contributed by atoms with Gasteiger partial charge in [0.2, 0.25) is 5.91 Å². The number of ether oxygens (including phenoxy) is 1. The van der Waals surface area contributed by atoms with Gasteiger partial charge in [0.25, 0.3) is 0 Å². The lowest BCUT2D eigenvalue weighted by molar-refractivity contribution is -0.123. The predicted molar refractivity (Wildman–Crippen MR) is 70.6 cm³/mol. The number of rotatable bonds is 5. The topological polar surface area (TPSA) is 41.6 Å². The van der Waals surface area contributed by atoms with E-state index in [-0.39, 0.29) is 11.9 Å². The molecule has 4 heteroatoms. The predicted octanol–water partition coefficient (Wildman–Crippen LogP) is 1.58. The molecule has 0 aliphatic carbocycles. The van der Waals surface area contributed by atoms with Gasteiger partial charge >= 0.3 is 0 Å². The van der Waals surface area contributed by atoms with Crippen LogP contribution in [0, 0.1) is 0 Å². The summed E-state index contributed by atoms with van der Waals surface area (Å²) in [5, 5.41) is 3.03. The zero-order valence-corrected chi connectivity index (χ0v) is 11.0. The minimum absolute atomic E-state index is 0.00994. The second-order valence-electron chi connectivity index (χ2n) is 4.43. The maximum absolute atomic E-state index is 11.9. The molecule has 1 amide bonds. The Kier molecular flexibility index (Phi) is 4.20. The summed E-state index contributed by atoms with van der Waals surface area (Å²) in [5.74, 6) is 0.939. The van der Waals surface area contributed by atoms with Crippen LogP contribution in [0.5, 0.6) is 5.75 Å². The number of hydrogen-bond acceptors (Lipinski definition) is 3. The van der Waals surface area contributed by atoms with Gasteiger partial charge in [-0.05, 0) is 19.2 Å². The van der Waals surface area contributed by atoms with Crippen molar-refractivity contribution in [1.82, 2.24) is 10.2 Å². The Morgan fingerprint density at radius 1 is 1.39 bits per heavy atom. The number of carbonyl (C=O) groups excluding carboxylic acids is 1. The molecule has 0 saturated heterocycles. The van der Waals surface area contributed by atoms with Gasteiger partial charge in [0, 0.05) is 5.56 Å². The van der Waals surface area contributed by atoms with E-state index < -0.39 is 0 Å². The highest BCUT2D eigenvalue weighted by Gasteiger charge is 2.25. The van der Waals surface area contributed by atoms with Crippen LogP contribution in [0.1, 0.15) is 25.5 Å². The van der Waals surface area contributed by atoms with Crippen molar-refractivity contribution in [3.05, 3.63) is 29.8 Å². The smallest absolute Gasteiger partial charge is 0.234 e. The summed E-state index contributed by atoms with van der Waals surface area (Å²) in [5.41, 5.74) is 1.07. The number of benzene rings is 1. The van der Waals surface area contributed by atoms with Crippen LogP contribution in [-0.4, -0.2) is 37.0 Å². The first-order valence-electron chi connectivity index (χ1n) is 6.48. The molecule has 1 N–H and O–H groups in total. The molecule has 1 aliphatic rings. The van der Waals surface area contributed by atoms with Crippen molar-refractivity contribution in [2.24, 2.45) is 0 Å². The van der Waals surface area contributed by atoms with Gasteiger partial charge in [0.1, 0.15) is 12.4 Å². The van der Waals surface area contributed by atoms with Gasteiger partial charge in [0.05, 0.1) is 12.6 Å². The molecule has 1 aliphatic heterocycles. The van der Waals surface area contributed by atoms with Crippen LogP contribution < -0.4 is 10.1 Å². The van der Waals surface area contributed by atoms with Crippen LogP contribution in [0.25, 0.3) is 0 Å². The Bertz CT molecular complexity index is 416. The number of nitrogens with zero attached hydrogens (tertiary/aromatic N) is 1. The lowest BCUT2D eigenvalue weighted by Crippen LogP contribution is -2.39. The van der Waals surface area contributed by atoms with Gasteiger partial charge in [-0.25, -0.2) is 0 Å². The van der Waals surface area contributed by atoms with E-state index in [2.05, 4.69) is 24.1 Å². The minimum atomic E-state index is -0.00994. The fraction of sp³-hybridized carbons (Fsp3) is 0.500. The lowest BCUT2D eigenvalue weighted by atomic mass is 10.1. The zero-order chi connectivity index (χ0) is 13.0. The number of amides is 1. The molecule has 1 atom stereocenters. The minimum Gasteiger partial charge on any atom is -0.491 e. The molecule has 1 heterocycles. The Morgan fingerprint density at radius 3 is 2.83 bits per heavy atom. The largest absolute Gasteiger partial charge is 0.491 e. The molecule has 1 unspecified atom stereocenters. The van der Waals surface area contributed by atoms with Crippen LogP contribution in [-0.2, 0) is 4.79 Å². The molecule has 0 aromatic heterocycles. The summed E-state index contributed by atoms with van der Waals surface area (Å²) in [6.07, 6.45) is 0. The van der Waals surface area contributed by atoms with Crippen LogP contribution >= 0.6 is 0 Å². The summed E-state index contributed by atoms with van der Waals surface area (Å²) in [4.78, 5) is 14.0. The second kappa shape index (κ2) is 5.87. The Morgan fingerprint density at radius 2 is 2.11 bits per heavy atom. The van der Waals surface area contributed by atoms with Gasteiger partial charge in [-0.3, -0.25) is 9.69 Å². The van der Waals surface area contributed by atoms with Crippen molar-refractivity contribution in [2.75, 3.05) is 26.2 Å². The van der Waals surface area contributed by atoms with E-state index in [0.29, 0.717) is 13.2 Å². The lowest BCUT2D eigenvalue weighted by Gasteiger charge is -2.19. The summed E-state index contributed by atoms with van der Waals surface area (Å²) in [6, 6.07) is 7.84. The third kappa shape index (κ3) is 2.82. The normalized spacial score (nSPS) is 17.4. The molecule has 98 valence electrons. The van der Waals surface area contributed by atoms with Crippen molar-refractivity contribution >= 4 is 5.91 Å². The van der Waals surface area contributed by atoms with Crippen molar-refractivity contribution in [3.8, 4) is 5.75 Å². The van der Waals surface area contributed by atoms with Gasteiger partial charge in [-0.1, -0.05) is 32.0 Å². The van der Waals surface area contributed by atoms with Crippen LogP contribution in [0.15, 0.2) is 24.3 Å². The fourth-order valence-corrected chi connectivity index (χ4v) is 2.17. The van der Waals surface area contributed by atoms with Crippen LogP contribution in [0.2, 0.25) is 0 Å². The molecule has 18 heavy (non-hydrogen) atoms. The van der Waals surface area contributed by atoms with Crippen molar-refractivity contribution in [3.63, 3.8) is 0 Å². The number of hydrogen-bond donors (Lipinski definition) is 1. The van der Waals surface area contributed by atoms with E-state index in [1.807, 2.05) is 24.3 Å². The molecule has 0 saturated carbocycles. The van der Waals surface area contributed by atoms with Crippen molar-refractivity contribution in [1.29, 1.82) is 0 Å². The second-order valence-corrected chi connectivity index (χ2v) is 4.43. The monoisotopic (exact) mass is 248 g/mol. The van der Waals surface area contributed by atoms with E-state index in [0.717, 1.165) is 24.4 Å². The first-order valence-corrected chi connectivity index (χ1v) is 6.48. The molecule has 4 nitrogen and oxygen atoms in total. The summed E-state index contributed by atoms with van der Waals surface area (Å²) >= 11 is 0. The number of nitrogens with one attached hydrogen (secondary N) is 1. The zero-order valence-electron chi connectivity index (χ0n) is 11.0. The number of carbonyl (C=O) groups is 1. The Hall–Kier alpha value is -1.55. The SMILES string of the molecule is CCN(CC)CC(=O)NC1COc2ccccc21. The number of likely N-dealkylation sites (N-methyl/N-ethyl adjacent to an activating group) is 1. The fourth-order valence-electron chi connectivity index (χ4n) is 2.17. The first-order chi connectivity index (χ1) is 8.74. The molecular formula is C14H20N2O2. The van der Waals surface area contributed by atoms with Crippen LogP contribution in [0.3, 0.4) is 0 Å². The van der Waals surface area contributed by atoms with E-state index in [1.54, 1.807) is 0 Å². The summed E-state index contributed by atoms with van der Waals surface area (Å²) < 4.78 is 5.54. The molecule has 1 aromatic rings. The maximum atomic E-state index is 11.9. The van der Waals surface area contributed by atoms with Crippen LogP contribution in [0.4, 0.5) is 0 Å². The highest BCUT2D eigenvalue weighted by Crippen LogP contribution is 2.31. The molecule has 0 spiro atoms. The first kappa shape index (κ1) is 12.9. The van der Waals surface area contributed by atoms with Gasteiger partial charge in [0.15, 0.2) is 0 Å². The van der Waals surface area contributed by atoms with Crippen molar-refractivity contribution in [2.45, 2.75) is 19.9 Å². The van der Waals surface area contributed by atoms with Gasteiger partial charge < -0.3 is 10.1 Å². The highest BCUT2D eigenvalue weighted by molar-refractivity contribution is 5.78. The van der Waals surface area contributed by atoms with E-state index in [1.165, 1.54) is 0 Å². The van der Waals surface area contributed by atoms with E-state index >= 15 is 0 Å². The van der Waals surface area contributed by atoms with Gasteiger partial charge in [-0.15, -0.1) is 0 Å². The van der Waals surface area contributed by atoms with Gasteiger partial charge in [-0.2, -0.15) is 0 Å². The quantitative estimate of drug-likeness (QED) is 0.860. The van der Waals surface area contributed by atoms with E-state index in [9.17, 15) is 4.79 Å². The highest BCUT2D eigenvalue weighted by atomic mass is 16.5. The molecule has 2 rings (SSSR count). The summed E-state index contributed by atoms with van der Waals surface area (Å²) in [6.45, 7) is 6.88. The standard InChI is InChI=1S/C14H20N2O2/c1-3-16(4-2)9-14(17)15-12-10-18-13-8-6-5-7-11(12)13/h5-8,12H,3-4,9-10H2,1-2H3,(H,15,17). The number of para-hydroxylation sites is 1. The molecule has 0 fully saturated rings. The third-order valence-corrected chi connectivity index (χ3v) is 3.30. The Balaban J connectivity index is 1.93. The maximum Gasteiger partial charge on any atom is 0.234 e. The molecular weight excluding hydrogens is 228 g/mol. The molecule has 0 radical (unpaired) electrons. The molecule has 1 aromatic carbocycles. The van der Waals surface area contributed by atoms with Crippen molar-refractivity contribution < 1.29 is 9.53 Å². The third-order valence-electron chi connectivity index (χ3n) is 3.30. The van der Waals surface area contributed by atoms with E-state index in [4.69, 9.17) is 4.74 Å². The number of fused-ring (bicyclic) bond motifs is 1. The summed E-state index contributed by atoms with van der Waals surface area (Å²) in [7, 11) is 0. The Labute approximate surface area is 108 Å². The average Bonchev–Trinajstić information content (AvgIpc) is 2.79. The molecule has 0 bridgehead atoms. The average molecular weight is 248 g/mol.